The molecule has 0 aliphatic carbocycles. The monoisotopic (exact) mass is 317 g/mol. The van der Waals surface area contributed by atoms with E-state index >= 15 is 0 Å². The zero-order valence-electron chi connectivity index (χ0n) is 10.1. The highest BCUT2D eigenvalue weighted by Crippen LogP contribution is 2.19. The number of benzene rings is 1. The minimum Gasteiger partial charge on any atom is -0.253 e. The molecule has 2 aromatic rings. The van der Waals surface area contributed by atoms with Crippen LogP contribution in [0.1, 0.15) is 10.6 Å². The number of rotatable bonds is 5. The van der Waals surface area contributed by atoms with Crippen LogP contribution < -0.4 is 4.72 Å². The Morgan fingerprint density at radius 2 is 1.95 bits per heavy atom. The van der Waals surface area contributed by atoms with Gasteiger partial charge in [-0.1, -0.05) is 23.5 Å². The first-order valence-corrected chi connectivity index (χ1v) is 8.32. The highest BCUT2D eigenvalue weighted by molar-refractivity contribution is 7.93. The van der Waals surface area contributed by atoms with E-state index in [-0.39, 0.29) is 10.0 Å². The van der Waals surface area contributed by atoms with E-state index in [2.05, 4.69) is 14.9 Å². The van der Waals surface area contributed by atoms with E-state index in [1.54, 1.807) is 31.2 Å². The van der Waals surface area contributed by atoms with Gasteiger partial charge in [-0.15, -0.1) is 21.8 Å². The summed E-state index contributed by atoms with van der Waals surface area (Å²) in [5.41, 5.74) is 1.00. The summed E-state index contributed by atoms with van der Waals surface area (Å²) in [5.74, 6) is 0.508. The highest BCUT2D eigenvalue weighted by atomic mass is 35.5. The number of nitrogens with one attached hydrogen (secondary N) is 1. The average Bonchev–Trinajstić information content (AvgIpc) is 2.75. The number of hydrogen-bond acceptors (Lipinski definition) is 5. The van der Waals surface area contributed by atoms with Crippen LogP contribution in [0, 0.1) is 6.92 Å². The van der Waals surface area contributed by atoms with Crippen LogP contribution in [-0.2, 0) is 16.4 Å². The number of alkyl halides is 1. The Morgan fingerprint density at radius 3 is 2.47 bits per heavy atom. The van der Waals surface area contributed by atoms with Gasteiger partial charge in [-0.25, -0.2) is 8.42 Å². The molecule has 0 aliphatic rings. The van der Waals surface area contributed by atoms with Crippen LogP contribution >= 0.6 is 22.9 Å². The molecule has 0 atom stereocenters. The quantitative estimate of drug-likeness (QED) is 0.860. The van der Waals surface area contributed by atoms with Crippen LogP contribution in [0.2, 0.25) is 0 Å². The van der Waals surface area contributed by atoms with Gasteiger partial charge in [0, 0.05) is 5.88 Å². The molecule has 0 amide bonds. The number of aromatic nitrogens is 2. The molecule has 1 heterocycles. The van der Waals surface area contributed by atoms with Crippen molar-refractivity contribution in [3.8, 4) is 0 Å². The lowest BCUT2D eigenvalue weighted by Gasteiger charge is -2.05. The van der Waals surface area contributed by atoms with E-state index in [0.29, 0.717) is 17.3 Å². The van der Waals surface area contributed by atoms with Gasteiger partial charge < -0.3 is 0 Å². The zero-order valence-corrected chi connectivity index (χ0v) is 12.5. The first kappa shape index (κ1) is 14.2. The molecule has 1 aromatic carbocycles. The third-order valence-corrected chi connectivity index (χ3v) is 4.79. The molecule has 1 N–H and O–H groups in total. The van der Waals surface area contributed by atoms with Crippen molar-refractivity contribution in [3.63, 3.8) is 0 Å². The molecule has 0 fully saturated rings. The minimum atomic E-state index is -3.61. The number of sulfonamides is 1. The second-order valence-electron chi connectivity index (χ2n) is 3.81. The molecule has 2 rings (SSSR count). The van der Waals surface area contributed by atoms with Crippen molar-refractivity contribution in [2.24, 2.45) is 0 Å². The third kappa shape index (κ3) is 3.65. The number of hydrogen-bond donors (Lipinski definition) is 1. The Morgan fingerprint density at radius 1 is 1.26 bits per heavy atom. The molecule has 0 saturated heterocycles. The van der Waals surface area contributed by atoms with Crippen LogP contribution in [0.4, 0.5) is 5.13 Å². The molecule has 0 aliphatic heterocycles. The van der Waals surface area contributed by atoms with Gasteiger partial charge in [-0.3, -0.25) is 4.72 Å². The van der Waals surface area contributed by atoms with Crippen molar-refractivity contribution in [1.29, 1.82) is 0 Å². The van der Waals surface area contributed by atoms with Gasteiger partial charge in [0.15, 0.2) is 0 Å². The Bertz CT molecular complexity index is 653. The Labute approximate surface area is 120 Å². The maximum atomic E-state index is 12.1. The predicted molar refractivity (Wildman–Crippen MR) is 76.3 cm³/mol. The summed E-state index contributed by atoms with van der Waals surface area (Å²) < 4.78 is 26.6. The fraction of sp³-hybridized carbons (Fsp3) is 0.273. The fourth-order valence-corrected chi connectivity index (χ4v) is 3.50. The molecule has 0 radical (unpaired) electrons. The summed E-state index contributed by atoms with van der Waals surface area (Å²) in [6.45, 7) is 1.76. The minimum absolute atomic E-state index is 0.193. The summed E-state index contributed by atoms with van der Waals surface area (Å²) in [5, 5.41) is 8.46. The summed E-state index contributed by atoms with van der Waals surface area (Å²) >= 11 is 6.82. The molecule has 0 saturated carbocycles. The van der Waals surface area contributed by atoms with Crippen molar-refractivity contribution in [2.45, 2.75) is 18.2 Å². The summed E-state index contributed by atoms with van der Waals surface area (Å²) in [7, 11) is -3.61. The molecule has 19 heavy (non-hydrogen) atoms. The molecule has 5 nitrogen and oxygen atoms in total. The lowest BCUT2D eigenvalue weighted by atomic mass is 10.2. The van der Waals surface area contributed by atoms with Crippen LogP contribution in [0.3, 0.4) is 0 Å². The normalized spacial score (nSPS) is 11.5. The summed E-state index contributed by atoms with van der Waals surface area (Å²) in [4.78, 5) is 0.193. The van der Waals surface area contributed by atoms with Crippen molar-refractivity contribution in [2.75, 3.05) is 10.6 Å². The average molecular weight is 318 g/mol. The number of aryl methyl sites for hydroxylation is 2. The van der Waals surface area contributed by atoms with Gasteiger partial charge in [-0.05, 0) is 31.0 Å². The molecular weight excluding hydrogens is 306 g/mol. The molecule has 0 spiro atoms. The van der Waals surface area contributed by atoms with Gasteiger partial charge in [0.25, 0.3) is 10.0 Å². The second kappa shape index (κ2) is 5.85. The molecule has 1 aromatic heterocycles. The number of anilines is 1. The Kier molecular flexibility index (Phi) is 4.38. The van der Waals surface area contributed by atoms with Crippen molar-refractivity contribution < 1.29 is 8.42 Å². The SMILES string of the molecule is Cc1nnc(NS(=O)(=O)c2ccc(CCCl)cc2)s1. The van der Waals surface area contributed by atoms with Crippen LogP contribution in [0.15, 0.2) is 29.2 Å². The smallest absolute Gasteiger partial charge is 0.253 e. The van der Waals surface area contributed by atoms with Gasteiger partial charge in [0.1, 0.15) is 5.01 Å². The lowest BCUT2D eigenvalue weighted by Crippen LogP contribution is -2.12. The van der Waals surface area contributed by atoms with Crippen molar-refractivity contribution >= 4 is 38.1 Å². The van der Waals surface area contributed by atoms with E-state index in [0.717, 1.165) is 5.56 Å². The first-order chi connectivity index (χ1) is 9.01. The molecule has 0 unspecified atom stereocenters. The second-order valence-corrected chi connectivity index (χ2v) is 7.06. The summed E-state index contributed by atoms with van der Waals surface area (Å²) in [6, 6.07) is 6.61. The fourth-order valence-electron chi connectivity index (χ4n) is 1.46. The number of nitrogens with zero attached hydrogens (tertiary/aromatic N) is 2. The maximum Gasteiger partial charge on any atom is 0.263 e. The molecule has 0 bridgehead atoms. The summed E-state index contributed by atoms with van der Waals surface area (Å²) in [6.07, 6.45) is 0.713. The highest BCUT2D eigenvalue weighted by Gasteiger charge is 2.16. The van der Waals surface area contributed by atoms with Crippen molar-refractivity contribution in [1.82, 2.24) is 10.2 Å². The van der Waals surface area contributed by atoms with E-state index in [1.165, 1.54) is 11.3 Å². The Hall–Kier alpha value is -1.18. The van der Waals surface area contributed by atoms with Gasteiger partial charge in [-0.2, -0.15) is 0 Å². The van der Waals surface area contributed by atoms with Crippen LogP contribution in [0.5, 0.6) is 0 Å². The zero-order chi connectivity index (χ0) is 13.9. The van der Waals surface area contributed by atoms with Crippen molar-refractivity contribution in [3.05, 3.63) is 34.8 Å². The van der Waals surface area contributed by atoms with E-state index in [1.807, 2.05) is 0 Å². The van der Waals surface area contributed by atoms with Crippen LogP contribution in [0.25, 0.3) is 0 Å². The topological polar surface area (TPSA) is 72.0 Å². The standard InChI is InChI=1S/C11H12ClN3O2S2/c1-8-13-14-11(18-8)15-19(16,17)10-4-2-9(3-5-10)6-7-12/h2-5H,6-7H2,1H3,(H,14,15). The van der Waals surface area contributed by atoms with Gasteiger partial charge in [0.05, 0.1) is 4.90 Å². The van der Waals surface area contributed by atoms with E-state index in [4.69, 9.17) is 11.6 Å². The van der Waals surface area contributed by atoms with Crippen LogP contribution in [-0.4, -0.2) is 24.5 Å². The predicted octanol–water partition coefficient (Wildman–Crippen LogP) is 2.43. The van der Waals surface area contributed by atoms with Gasteiger partial charge in [0.2, 0.25) is 5.13 Å². The largest absolute Gasteiger partial charge is 0.263 e. The maximum absolute atomic E-state index is 12.1. The third-order valence-electron chi connectivity index (χ3n) is 2.36. The molecule has 8 heteroatoms. The Balaban J connectivity index is 2.19. The van der Waals surface area contributed by atoms with Gasteiger partial charge >= 0.3 is 0 Å². The van der Waals surface area contributed by atoms with E-state index < -0.39 is 10.0 Å². The lowest BCUT2D eigenvalue weighted by molar-refractivity contribution is 0.601. The van der Waals surface area contributed by atoms with E-state index in [9.17, 15) is 8.42 Å². The molecule has 102 valence electrons. The number of halogens is 1. The molecular formula is C11H12ClN3O2S2. The first-order valence-electron chi connectivity index (χ1n) is 5.49.